The van der Waals surface area contributed by atoms with Crippen LogP contribution in [-0.2, 0) is 4.74 Å². The van der Waals surface area contributed by atoms with Crippen LogP contribution in [-0.4, -0.2) is 54.4 Å². The maximum atomic E-state index is 12.8. The third kappa shape index (κ3) is 3.39. The van der Waals surface area contributed by atoms with E-state index in [1.807, 2.05) is 13.8 Å². The van der Waals surface area contributed by atoms with E-state index in [0.29, 0.717) is 28.9 Å². The van der Waals surface area contributed by atoms with E-state index in [9.17, 15) is 9.90 Å². The van der Waals surface area contributed by atoms with E-state index in [-0.39, 0.29) is 18.6 Å². The van der Waals surface area contributed by atoms with Crippen LogP contribution in [0.5, 0.6) is 5.75 Å². The van der Waals surface area contributed by atoms with Gasteiger partial charge in [0.05, 0.1) is 42.0 Å². The molecule has 116 valence electrons. The topological polar surface area (TPSA) is 59.0 Å². The molecule has 1 aromatic rings. The highest BCUT2D eigenvalue weighted by molar-refractivity contribution is 9.10. The van der Waals surface area contributed by atoms with E-state index in [1.165, 1.54) is 0 Å². The first kappa shape index (κ1) is 16.3. The zero-order valence-corrected chi connectivity index (χ0v) is 14.0. The molecule has 1 amide bonds. The van der Waals surface area contributed by atoms with Crippen LogP contribution in [0.4, 0.5) is 0 Å². The monoisotopic (exact) mass is 357 g/mol. The summed E-state index contributed by atoms with van der Waals surface area (Å²) in [6.07, 6.45) is 0. The molecule has 1 fully saturated rings. The molecule has 21 heavy (non-hydrogen) atoms. The van der Waals surface area contributed by atoms with Crippen LogP contribution in [0.2, 0.25) is 0 Å². The molecule has 1 aliphatic heterocycles. The van der Waals surface area contributed by atoms with Gasteiger partial charge in [-0.05, 0) is 41.9 Å². The summed E-state index contributed by atoms with van der Waals surface area (Å²) in [6, 6.07) is 4.97. The molecule has 2 rings (SSSR count). The molecular weight excluding hydrogens is 338 g/mol. The molecule has 1 N–H and O–H groups in total. The highest BCUT2D eigenvalue weighted by Crippen LogP contribution is 2.31. The van der Waals surface area contributed by atoms with Crippen molar-refractivity contribution in [3.63, 3.8) is 0 Å². The Morgan fingerprint density at radius 3 is 2.90 bits per heavy atom. The standard InChI is InChI=1S/C15H20BrNO4/c1-15(2)9-17(10(7-18)8-21-15)14(19)11-5-4-6-12(20-3)13(11)16/h4-6,10,18H,7-9H2,1-3H3. The molecule has 1 aromatic carbocycles. The number of morpholine rings is 1. The van der Waals surface area contributed by atoms with Crippen molar-refractivity contribution < 1.29 is 19.4 Å². The molecule has 0 aromatic heterocycles. The molecule has 1 saturated heterocycles. The fourth-order valence-electron chi connectivity index (χ4n) is 2.37. The van der Waals surface area contributed by atoms with Gasteiger partial charge in [-0.2, -0.15) is 0 Å². The van der Waals surface area contributed by atoms with Crippen molar-refractivity contribution in [3.8, 4) is 5.75 Å². The van der Waals surface area contributed by atoms with Gasteiger partial charge in [0.15, 0.2) is 0 Å². The number of hydrogen-bond acceptors (Lipinski definition) is 4. The molecular formula is C15H20BrNO4. The molecule has 0 saturated carbocycles. The van der Waals surface area contributed by atoms with E-state index < -0.39 is 5.60 Å². The van der Waals surface area contributed by atoms with Crippen molar-refractivity contribution >= 4 is 21.8 Å². The summed E-state index contributed by atoms with van der Waals surface area (Å²) in [5, 5.41) is 9.49. The predicted molar refractivity (Wildman–Crippen MR) is 82.6 cm³/mol. The fourth-order valence-corrected chi connectivity index (χ4v) is 2.97. The Bertz CT molecular complexity index is 532. The van der Waals surface area contributed by atoms with E-state index in [2.05, 4.69) is 15.9 Å². The summed E-state index contributed by atoms with van der Waals surface area (Å²) in [7, 11) is 1.56. The van der Waals surface area contributed by atoms with Crippen LogP contribution < -0.4 is 4.74 Å². The minimum absolute atomic E-state index is 0.122. The van der Waals surface area contributed by atoms with Gasteiger partial charge in [0.2, 0.25) is 0 Å². The van der Waals surface area contributed by atoms with Gasteiger partial charge in [-0.3, -0.25) is 4.79 Å². The second kappa shape index (κ2) is 6.34. The van der Waals surface area contributed by atoms with Gasteiger partial charge in [-0.25, -0.2) is 0 Å². The van der Waals surface area contributed by atoms with Gasteiger partial charge in [0.25, 0.3) is 5.91 Å². The summed E-state index contributed by atoms with van der Waals surface area (Å²) in [5.41, 5.74) is 0.0950. The Kier molecular flexibility index (Phi) is 4.91. The Morgan fingerprint density at radius 1 is 1.57 bits per heavy atom. The number of aliphatic hydroxyl groups excluding tert-OH is 1. The van der Waals surface area contributed by atoms with Gasteiger partial charge >= 0.3 is 0 Å². The molecule has 0 aliphatic carbocycles. The fraction of sp³-hybridized carbons (Fsp3) is 0.533. The number of ether oxygens (including phenoxy) is 2. The second-order valence-corrected chi connectivity index (χ2v) is 6.45. The van der Waals surface area contributed by atoms with Crippen LogP contribution in [0.15, 0.2) is 22.7 Å². The van der Waals surface area contributed by atoms with Crippen molar-refractivity contribution in [2.45, 2.75) is 25.5 Å². The Labute approximate surface area is 133 Å². The number of carbonyl (C=O) groups is 1. The molecule has 0 bridgehead atoms. The number of aliphatic hydroxyl groups is 1. The highest BCUT2D eigenvalue weighted by Gasteiger charge is 2.37. The third-order valence-corrected chi connectivity index (χ3v) is 4.36. The van der Waals surface area contributed by atoms with Crippen molar-refractivity contribution in [2.75, 3.05) is 26.9 Å². The van der Waals surface area contributed by atoms with E-state index in [1.54, 1.807) is 30.2 Å². The van der Waals surface area contributed by atoms with Crippen molar-refractivity contribution in [2.24, 2.45) is 0 Å². The predicted octanol–water partition coefficient (Wildman–Crippen LogP) is 2.07. The molecule has 1 unspecified atom stereocenters. The first-order chi connectivity index (χ1) is 9.89. The lowest BCUT2D eigenvalue weighted by Crippen LogP contribution is -2.57. The van der Waals surface area contributed by atoms with Crippen LogP contribution in [0.3, 0.4) is 0 Å². The summed E-state index contributed by atoms with van der Waals surface area (Å²) < 4.78 is 11.5. The van der Waals surface area contributed by atoms with Crippen LogP contribution in [0, 0.1) is 0 Å². The van der Waals surface area contributed by atoms with Crippen molar-refractivity contribution in [1.29, 1.82) is 0 Å². The number of amides is 1. The average molecular weight is 358 g/mol. The normalized spacial score (nSPS) is 21.2. The largest absolute Gasteiger partial charge is 0.496 e. The number of hydrogen-bond donors (Lipinski definition) is 1. The molecule has 6 heteroatoms. The summed E-state index contributed by atoms with van der Waals surface area (Å²) in [6.45, 7) is 4.50. The van der Waals surface area contributed by atoms with E-state index in [0.717, 1.165) is 0 Å². The first-order valence-corrected chi connectivity index (χ1v) is 7.57. The number of benzene rings is 1. The van der Waals surface area contributed by atoms with Gasteiger partial charge in [-0.1, -0.05) is 6.07 Å². The van der Waals surface area contributed by atoms with E-state index in [4.69, 9.17) is 9.47 Å². The minimum Gasteiger partial charge on any atom is -0.496 e. The van der Waals surface area contributed by atoms with E-state index >= 15 is 0 Å². The lowest BCUT2D eigenvalue weighted by atomic mass is 10.0. The molecule has 1 aliphatic rings. The van der Waals surface area contributed by atoms with Gasteiger partial charge in [-0.15, -0.1) is 0 Å². The smallest absolute Gasteiger partial charge is 0.255 e. The van der Waals surface area contributed by atoms with Crippen LogP contribution in [0.1, 0.15) is 24.2 Å². The summed E-state index contributed by atoms with van der Waals surface area (Å²) in [4.78, 5) is 14.5. The zero-order chi connectivity index (χ0) is 15.6. The Balaban J connectivity index is 2.33. The van der Waals surface area contributed by atoms with Crippen molar-refractivity contribution in [1.82, 2.24) is 4.90 Å². The molecule has 1 heterocycles. The lowest BCUT2D eigenvalue weighted by molar-refractivity contribution is -0.110. The maximum absolute atomic E-state index is 12.8. The molecule has 5 nitrogen and oxygen atoms in total. The Morgan fingerprint density at radius 2 is 2.29 bits per heavy atom. The lowest BCUT2D eigenvalue weighted by Gasteiger charge is -2.43. The molecule has 0 spiro atoms. The average Bonchev–Trinajstić information content (AvgIpc) is 2.46. The van der Waals surface area contributed by atoms with Gasteiger partial charge < -0.3 is 19.5 Å². The number of rotatable bonds is 3. The zero-order valence-electron chi connectivity index (χ0n) is 12.4. The third-order valence-electron chi connectivity index (χ3n) is 3.54. The maximum Gasteiger partial charge on any atom is 0.255 e. The summed E-state index contributed by atoms with van der Waals surface area (Å²) in [5.74, 6) is 0.463. The second-order valence-electron chi connectivity index (χ2n) is 5.66. The number of carbonyl (C=O) groups excluding carboxylic acids is 1. The number of nitrogens with zero attached hydrogens (tertiary/aromatic N) is 1. The number of methoxy groups -OCH3 is 1. The quantitative estimate of drug-likeness (QED) is 0.899. The first-order valence-electron chi connectivity index (χ1n) is 6.78. The van der Waals surface area contributed by atoms with Crippen LogP contribution in [0.25, 0.3) is 0 Å². The van der Waals surface area contributed by atoms with Crippen LogP contribution >= 0.6 is 15.9 Å². The number of halogens is 1. The molecule has 1 atom stereocenters. The van der Waals surface area contributed by atoms with Gasteiger partial charge in [0, 0.05) is 6.54 Å². The van der Waals surface area contributed by atoms with Crippen molar-refractivity contribution in [3.05, 3.63) is 28.2 Å². The summed E-state index contributed by atoms with van der Waals surface area (Å²) >= 11 is 3.41. The molecule has 0 radical (unpaired) electrons. The Hall–Kier alpha value is -1.11. The SMILES string of the molecule is COc1cccc(C(=O)N2CC(C)(C)OCC2CO)c1Br. The highest BCUT2D eigenvalue weighted by atomic mass is 79.9. The van der Waals surface area contributed by atoms with Gasteiger partial charge in [0.1, 0.15) is 5.75 Å². The minimum atomic E-state index is -0.424.